The molecule has 3 heterocycles. The van der Waals surface area contributed by atoms with Gasteiger partial charge in [0.15, 0.2) is 5.69 Å². The predicted octanol–water partition coefficient (Wildman–Crippen LogP) is 2.90. The van der Waals surface area contributed by atoms with Crippen LogP contribution < -0.4 is 4.57 Å². The summed E-state index contributed by atoms with van der Waals surface area (Å²) in [6.07, 6.45) is 6.78. The Bertz CT molecular complexity index is 1060. The first-order chi connectivity index (χ1) is 11.6. The minimum absolute atomic E-state index is 0.279. The van der Waals surface area contributed by atoms with Crippen LogP contribution in [0.15, 0.2) is 41.8 Å². The standard InChI is InChI=1S/C18H18N4OS/c1-21-10-22(2)18(24-3)16(21)9-15-17-12(6-7-19-15)13-8-11(23)4-5-14(13)20-17/h4-8,10H,9H2,1-3H3,(H-,19,20,23)/p+1. The Morgan fingerprint density at radius 3 is 2.92 bits per heavy atom. The van der Waals surface area contributed by atoms with E-state index in [9.17, 15) is 5.11 Å². The SMILES string of the molecule is CSc1c(Cc2nccc3c2[nH]c2ccc(O)cc23)n(C)c[n+]1C. The van der Waals surface area contributed by atoms with E-state index in [-0.39, 0.29) is 5.75 Å². The molecular weight excluding hydrogens is 320 g/mol. The van der Waals surface area contributed by atoms with Crippen LogP contribution in [0, 0.1) is 0 Å². The highest BCUT2D eigenvalue weighted by molar-refractivity contribution is 7.98. The number of aromatic hydroxyl groups is 1. The number of aromatic amines is 1. The number of rotatable bonds is 3. The largest absolute Gasteiger partial charge is 0.508 e. The quantitative estimate of drug-likeness (QED) is 0.446. The Labute approximate surface area is 144 Å². The number of pyridine rings is 1. The molecule has 0 saturated carbocycles. The smallest absolute Gasteiger partial charge is 0.244 e. The maximum absolute atomic E-state index is 9.78. The summed E-state index contributed by atoms with van der Waals surface area (Å²) in [7, 11) is 4.13. The molecule has 4 aromatic rings. The molecule has 0 saturated heterocycles. The summed E-state index contributed by atoms with van der Waals surface area (Å²) in [5.41, 5.74) is 4.31. The Morgan fingerprint density at radius 2 is 2.12 bits per heavy atom. The lowest BCUT2D eigenvalue weighted by atomic mass is 10.1. The van der Waals surface area contributed by atoms with Crippen molar-refractivity contribution in [2.75, 3.05) is 6.26 Å². The molecule has 24 heavy (non-hydrogen) atoms. The van der Waals surface area contributed by atoms with Crippen LogP contribution in [-0.4, -0.2) is 25.9 Å². The van der Waals surface area contributed by atoms with E-state index in [0.29, 0.717) is 0 Å². The number of fused-ring (bicyclic) bond motifs is 3. The number of hydrogen-bond acceptors (Lipinski definition) is 3. The van der Waals surface area contributed by atoms with Gasteiger partial charge >= 0.3 is 0 Å². The number of nitrogens with one attached hydrogen (secondary N) is 1. The molecule has 0 atom stereocenters. The van der Waals surface area contributed by atoms with Gasteiger partial charge in [0.25, 0.3) is 0 Å². The lowest BCUT2D eigenvalue weighted by molar-refractivity contribution is -0.707. The van der Waals surface area contributed by atoms with Crippen molar-refractivity contribution >= 4 is 33.6 Å². The summed E-state index contributed by atoms with van der Waals surface area (Å²) < 4.78 is 4.30. The molecule has 0 aliphatic rings. The number of imidazole rings is 1. The molecule has 0 radical (unpaired) electrons. The zero-order valence-electron chi connectivity index (χ0n) is 13.9. The van der Waals surface area contributed by atoms with Crippen LogP contribution in [0.25, 0.3) is 21.8 Å². The van der Waals surface area contributed by atoms with Crippen molar-refractivity contribution in [1.29, 1.82) is 0 Å². The average Bonchev–Trinajstić information content (AvgIpc) is 3.05. The highest BCUT2D eigenvalue weighted by Gasteiger charge is 2.21. The molecule has 0 bridgehead atoms. The molecule has 1 aromatic carbocycles. The third-order valence-corrected chi connectivity index (χ3v) is 5.36. The summed E-state index contributed by atoms with van der Waals surface area (Å²) in [5.74, 6) is 0.279. The number of benzene rings is 1. The zero-order chi connectivity index (χ0) is 16.8. The fourth-order valence-corrected chi connectivity index (χ4v) is 4.15. The maximum atomic E-state index is 9.78. The fourth-order valence-electron chi connectivity index (χ4n) is 3.36. The molecule has 0 aliphatic heterocycles. The summed E-state index contributed by atoms with van der Waals surface area (Å²) in [6.45, 7) is 0. The van der Waals surface area contributed by atoms with Crippen molar-refractivity contribution in [1.82, 2.24) is 14.5 Å². The Kier molecular flexibility index (Phi) is 3.49. The van der Waals surface area contributed by atoms with Crippen molar-refractivity contribution < 1.29 is 9.67 Å². The second-order valence-electron chi connectivity index (χ2n) is 6.01. The summed E-state index contributed by atoms with van der Waals surface area (Å²) in [6, 6.07) is 7.41. The van der Waals surface area contributed by atoms with E-state index in [1.54, 1.807) is 23.9 Å². The number of phenolic OH excluding ortho intramolecular Hbond substituents is 1. The second-order valence-corrected chi connectivity index (χ2v) is 6.80. The first kappa shape index (κ1) is 15.1. The van der Waals surface area contributed by atoms with Crippen molar-refractivity contribution in [3.63, 3.8) is 0 Å². The topological polar surface area (TPSA) is 57.7 Å². The normalized spacial score (nSPS) is 11.6. The number of H-pyrrole nitrogens is 1. The van der Waals surface area contributed by atoms with Crippen LogP contribution in [-0.2, 0) is 20.5 Å². The Morgan fingerprint density at radius 1 is 1.29 bits per heavy atom. The van der Waals surface area contributed by atoms with Crippen LogP contribution in [0.1, 0.15) is 11.4 Å². The van der Waals surface area contributed by atoms with Gasteiger partial charge in [-0.05, 0) is 30.5 Å². The van der Waals surface area contributed by atoms with Crippen LogP contribution in [0.3, 0.4) is 0 Å². The first-order valence-corrected chi connectivity index (χ1v) is 8.97. The number of phenols is 1. The van der Waals surface area contributed by atoms with Gasteiger partial charge in [0.05, 0.1) is 31.7 Å². The van der Waals surface area contributed by atoms with Gasteiger partial charge in [-0.1, -0.05) is 11.8 Å². The Hall–Kier alpha value is -2.47. The maximum Gasteiger partial charge on any atom is 0.244 e. The molecule has 0 fully saturated rings. The molecule has 2 N–H and O–H groups in total. The molecule has 0 aliphatic carbocycles. The van der Waals surface area contributed by atoms with E-state index in [2.05, 4.69) is 45.8 Å². The van der Waals surface area contributed by atoms with Gasteiger partial charge in [0, 0.05) is 22.5 Å². The van der Waals surface area contributed by atoms with Crippen molar-refractivity contribution in [3.05, 3.63) is 48.2 Å². The lowest BCUT2D eigenvalue weighted by Crippen LogP contribution is -2.27. The van der Waals surface area contributed by atoms with Gasteiger partial charge in [-0.3, -0.25) is 4.98 Å². The van der Waals surface area contributed by atoms with Crippen molar-refractivity contribution in [2.24, 2.45) is 14.1 Å². The van der Waals surface area contributed by atoms with Crippen LogP contribution in [0.4, 0.5) is 0 Å². The van der Waals surface area contributed by atoms with Gasteiger partial charge in [-0.25, -0.2) is 9.13 Å². The van der Waals surface area contributed by atoms with E-state index in [0.717, 1.165) is 33.9 Å². The first-order valence-electron chi connectivity index (χ1n) is 7.74. The van der Waals surface area contributed by atoms with E-state index in [1.165, 1.54) is 10.7 Å². The summed E-state index contributed by atoms with van der Waals surface area (Å²) in [5, 5.41) is 13.1. The van der Waals surface area contributed by atoms with Crippen LogP contribution >= 0.6 is 11.8 Å². The molecule has 122 valence electrons. The molecule has 4 rings (SSSR count). The van der Waals surface area contributed by atoms with E-state index < -0.39 is 0 Å². The van der Waals surface area contributed by atoms with Gasteiger partial charge in [0.1, 0.15) is 5.75 Å². The average molecular weight is 339 g/mol. The third kappa shape index (κ3) is 2.26. The summed E-state index contributed by atoms with van der Waals surface area (Å²) >= 11 is 1.75. The molecule has 0 spiro atoms. The van der Waals surface area contributed by atoms with Gasteiger partial charge in [-0.2, -0.15) is 0 Å². The van der Waals surface area contributed by atoms with E-state index >= 15 is 0 Å². The lowest BCUT2D eigenvalue weighted by Gasteiger charge is -2.02. The molecule has 6 heteroatoms. The third-order valence-electron chi connectivity index (χ3n) is 4.45. The van der Waals surface area contributed by atoms with Gasteiger partial charge in [0.2, 0.25) is 11.4 Å². The molecule has 5 nitrogen and oxygen atoms in total. The van der Waals surface area contributed by atoms with Crippen LogP contribution in [0.5, 0.6) is 5.75 Å². The van der Waals surface area contributed by atoms with Gasteiger partial charge < -0.3 is 10.1 Å². The van der Waals surface area contributed by atoms with Crippen LogP contribution in [0.2, 0.25) is 0 Å². The predicted molar refractivity (Wildman–Crippen MR) is 96.4 cm³/mol. The minimum atomic E-state index is 0.279. The minimum Gasteiger partial charge on any atom is -0.508 e. The number of hydrogen-bond donors (Lipinski definition) is 2. The van der Waals surface area contributed by atoms with Gasteiger partial charge in [-0.15, -0.1) is 0 Å². The molecular formula is C18H19N4OS+. The van der Waals surface area contributed by atoms with E-state index in [4.69, 9.17) is 0 Å². The van der Waals surface area contributed by atoms with Crippen molar-refractivity contribution in [3.8, 4) is 5.75 Å². The summed E-state index contributed by atoms with van der Waals surface area (Å²) in [4.78, 5) is 8.08. The number of nitrogens with zero attached hydrogens (tertiary/aromatic N) is 3. The highest BCUT2D eigenvalue weighted by Crippen LogP contribution is 2.30. The van der Waals surface area contributed by atoms with E-state index in [1.807, 2.05) is 18.3 Å². The number of aryl methyl sites for hydroxylation is 2. The molecule has 0 unspecified atom stereocenters. The zero-order valence-corrected chi connectivity index (χ0v) is 14.7. The monoisotopic (exact) mass is 339 g/mol. The molecule has 0 amide bonds. The highest BCUT2D eigenvalue weighted by atomic mass is 32.2. The second kappa shape index (κ2) is 5.56. The Balaban J connectivity index is 1.90. The number of thioether (sulfide) groups is 1. The fraction of sp³-hybridized carbons (Fsp3) is 0.222. The van der Waals surface area contributed by atoms with Crippen molar-refractivity contribution in [2.45, 2.75) is 11.4 Å². The number of aromatic nitrogens is 4. The molecule has 3 aromatic heterocycles.